The van der Waals surface area contributed by atoms with E-state index in [2.05, 4.69) is 15.5 Å². The summed E-state index contributed by atoms with van der Waals surface area (Å²) in [4.78, 5) is 4.15. The van der Waals surface area contributed by atoms with Crippen molar-refractivity contribution in [3.05, 3.63) is 11.7 Å². The topological polar surface area (TPSA) is 60.2 Å². The summed E-state index contributed by atoms with van der Waals surface area (Å²) in [6, 6.07) is 0. The lowest BCUT2D eigenvalue weighted by molar-refractivity contribution is 0.197. The van der Waals surface area contributed by atoms with Gasteiger partial charge in [-0.15, -0.1) is 0 Å². The van der Waals surface area contributed by atoms with Gasteiger partial charge in [0.1, 0.15) is 0 Å². The van der Waals surface area contributed by atoms with Crippen LogP contribution in [-0.2, 0) is 17.7 Å². The minimum atomic E-state index is 0.608. The average Bonchev–Trinajstić information content (AvgIpc) is 2.60. The van der Waals surface area contributed by atoms with E-state index in [1.54, 1.807) is 7.11 Å². The van der Waals surface area contributed by atoms with Crippen molar-refractivity contribution in [1.82, 2.24) is 15.5 Å². The van der Waals surface area contributed by atoms with E-state index in [9.17, 15) is 0 Å². The first kappa shape index (κ1) is 10.1. The molecule has 0 spiro atoms. The number of nitrogens with one attached hydrogen (secondary N) is 1. The minimum Gasteiger partial charge on any atom is -0.383 e. The second kappa shape index (κ2) is 5.66. The molecule has 0 fully saturated rings. The third-order valence-electron chi connectivity index (χ3n) is 1.59. The van der Waals surface area contributed by atoms with Gasteiger partial charge in [0.15, 0.2) is 5.82 Å². The monoisotopic (exact) mass is 185 g/mol. The number of aromatic nitrogens is 2. The lowest BCUT2D eigenvalue weighted by Gasteiger charge is -1.98. The standard InChI is InChI=1S/C8H15N3O2/c1-3-7-10-8(13-11-7)6-9-4-5-12-2/h9H,3-6H2,1-2H3. The molecule has 0 aliphatic heterocycles. The molecule has 1 heterocycles. The summed E-state index contributed by atoms with van der Waals surface area (Å²) in [6.07, 6.45) is 0.807. The molecule has 1 N–H and O–H groups in total. The Morgan fingerprint density at radius 3 is 3.00 bits per heavy atom. The normalized spacial score (nSPS) is 10.6. The second-order valence-corrected chi connectivity index (χ2v) is 2.63. The Hall–Kier alpha value is -0.940. The summed E-state index contributed by atoms with van der Waals surface area (Å²) >= 11 is 0. The molecule has 0 unspecified atom stereocenters. The lowest BCUT2D eigenvalue weighted by atomic mass is 10.5. The third-order valence-corrected chi connectivity index (χ3v) is 1.59. The van der Waals surface area contributed by atoms with Gasteiger partial charge in [-0.2, -0.15) is 4.98 Å². The molecule has 0 aliphatic rings. The summed E-state index contributed by atoms with van der Waals surface area (Å²) in [5, 5.41) is 6.89. The van der Waals surface area contributed by atoms with Crippen LogP contribution in [0.1, 0.15) is 18.6 Å². The van der Waals surface area contributed by atoms with Gasteiger partial charge in [-0.3, -0.25) is 0 Å². The molecule has 0 atom stereocenters. The Kier molecular flexibility index (Phi) is 4.42. The van der Waals surface area contributed by atoms with Crippen LogP contribution in [0.2, 0.25) is 0 Å². The maximum Gasteiger partial charge on any atom is 0.240 e. The molecule has 1 rings (SSSR count). The largest absolute Gasteiger partial charge is 0.383 e. The molecular formula is C8H15N3O2. The molecule has 0 bridgehead atoms. The SMILES string of the molecule is CCc1noc(CNCCOC)n1. The van der Waals surface area contributed by atoms with Crippen molar-refractivity contribution in [2.24, 2.45) is 0 Å². The molecular weight excluding hydrogens is 170 g/mol. The Morgan fingerprint density at radius 1 is 1.54 bits per heavy atom. The van der Waals surface area contributed by atoms with Crippen LogP contribution in [-0.4, -0.2) is 30.4 Å². The zero-order valence-corrected chi connectivity index (χ0v) is 8.04. The van der Waals surface area contributed by atoms with Gasteiger partial charge in [-0.1, -0.05) is 12.1 Å². The van der Waals surface area contributed by atoms with Crippen molar-refractivity contribution in [2.75, 3.05) is 20.3 Å². The van der Waals surface area contributed by atoms with Crippen LogP contribution in [0.15, 0.2) is 4.52 Å². The quantitative estimate of drug-likeness (QED) is 0.649. The summed E-state index contributed by atoms with van der Waals surface area (Å²) in [7, 11) is 1.67. The fourth-order valence-electron chi connectivity index (χ4n) is 0.875. The average molecular weight is 185 g/mol. The van der Waals surface area contributed by atoms with Gasteiger partial charge in [-0.05, 0) is 0 Å². The van der Waals surface area contributed by atoms with Gasteiger partial charge in [0, 0.05) is 20.1 Å². The molecule has 0 saturated heterocycles. The third kappa shape index (κ3) is 3.52. The number of rotatable bonds is 6. The molecule has 0 saturated carbocycles. The van der Waals surface area contributed by atoms with E-state index in [4.69, 9.17) is 9.26 Å². The first-order valence-electron chi connectivity index (χ1n) is 4.38. The zero-order valence-electron chi connectivity index (χ0n) is 8.04. The van der Waals surface area contributed by atoms with Crippen LogP contribution in [0, 0.1) is 0 Å². The van der Waals surface area contributed by atoms with Gasteiger partial charge in [0.25, 0.3) is 0 Å². The van der Waals surface area contributed by atoms with Crippen LogP contribution in [0.3, 0.4) is 0 Å². The van der Waals surface area contributed by atoms with Crippen molar-refractivity contribution in [3.8, 4) is 0 Å². The zero-order chi connectivity index (χ0) is 9.52. The highest BCUT2D eigenvalue weighted by Crippen LogP contribution is 1.96. The van der Waals surface area contributed by atoms with Crippen molar-refractivity contribution < 1.29 is 9.26 Å². The molecule has 5 heteroatoms. The van der Waals surface area contributed by atoms with Crippen molar-refractivity contribution in [2.45, 2.75) is 19.9 Å². The smallest absolute Gasteiger partial charge is 0.240 e. The molecule has 0 amide bonds. The van der Waals surface area contributed by atoms with Crippen LogP contribution < -0.4 is 5.32 Å². The molecule has 0 aromatic carbocycles. The molecule has 0 radical (unpaired) electrons. The summed E-state index contributed by atoms with van der Waals surface area (Å²) in [6.45, 7) is 4.08. The van der Waals surface area contributed by atoms with Gasteiger partial charge in [-0.25, -0.2) is 0 Å². The summed E-state index contributed by atoms with van der Waals surface area (Å²) in [5.41, 5.74) is 0. The maximum atomic E-state index is 4.97. The second-order valence-electron chi connectivity index (χ2n) is 2.63. The summed E-state index contributed by atoms with van der Waals surface area (Å²) in [5.74, 6) is 1.39. The van der Waals surface area contributed by atoms with Crippen LogP contribution >= 0.6 is 0 Å². The Labute approximate surface area is 77.5 Å². The van der Waals surface area contributed by atoms with E-state index in [1.165, 1.54) is 0 Å². The number of aryl methyl sites for hydroxylation is 1. The van der Waals surface area contributed by atoms with Gasteiger partial charge < -0.3 is 14.6 Å². The molecule has 13 heavy (non-hydrogen) atoms. The number of ether oxygens (including phenoxy) is 1. The highest BCUT2D eigenvalue weighted by molar-refractivity contribution is 4.84. The van der Waals surface area contributed by atoms with Gasteiger partial charge in [0.2, 0.25) is 5.89 Å². The molecule has 1 aromatic heterocycles. The fourth-order valence-corrected chi connectivity index (χ4v) is 0.875. The van der Waals surface area contributed by atoms with Gasteiger partial charge >= 0.3 is 0 Å². The molecule has 1 aromatic rings. The van der Waals surface area contributed by atoms with Crippen LogP contribution in [0.4, 0.5) is 0 Å². The van der Waals surface area contributed by atoms with E-state index in [1.807, 2.05) is 6.92 Å². The first-order chi connectivity index (χ1) is 6.36. The van der Waals surface area contributed by atoms with Crippen molar-refractivity contribution in [3.63, 3.8) is 0 Å². The number of nitrogens with zero attached hydrogens (tertiary/aromatic N) is 2. The predicted molar refractivity (Wildman–Crippen MR) is 47.3 cm³/mol. The Bertz CT molecular complexity index is 237. The number of hydrogen-bond donors (Lipinski definition) is 1. The Balaban J connectivity index is 2.20. The van der Waals surface area contributed by atoms with Crippen molar-refractivity contribution >= 4 is 0 Å². The van der Waals surface area contributed by atoms with E-state index in [-0.39, 0.29) is 0 Å². The van der Waals surface area contributed by atoms with E-state index >= 15 is 0 Å². The summed E-state index contributed by atoms with van der Waals surface area (Å²) < 4.78 is 9.85. The Morgan fingerprint density at radius 2 is 2.38 bits per heavy atom. The maximum absolute atomic E-state index is 4.97. The van der Waals surface area contributed by atoms with E-state index in [0.717, 1.165) is 18.8 Å². The molecule has 74 valence electrons. The predicted octanol–water partition coefficient (Wildman–Crippen LogP) is 0.368. The van der Waals surface area contributed by atoms with E-state index < -0.39 is 0 Å². The minimum absolute atomic E-state index is 0.608. The number of methoxy groups -OCH3 is 1. The van der Waals surface area contributed by atoms with Crippen molar-refractivity contribution in [1.29, 1.82) is 0 Å². The molecule has 5 nitrogen and oxygen atoms in total. The first-order valence-corrected chi connectivity index (χ1v) is 4.38. The molecule has 0 aliphatic carbocycles. The highest BCUT2D eigenvalue weighted by atomic mass is 16.5. The van der Waals surface area contributed by atoms with Crippen LogP contribution in [0.25, 0.3) is 0 Å². The van der Waals surface area contributed by atoms with Crippen LogP contribution in [0.5, 0.6) is 0 Å². The van der Waals surface area contributed by atoms with E-state index in [0.29, 0.717) is 19.0 Å². The van der Waals surface area contributed by atoms with Gasteiger partial charge in [0.05, 0.1) is 13.2 Å². The lowest BCUT2D eigenvalue weighted by Crippen LogP contribution is -2.18. The highest BCUT2D eigenvalue weighted by Gasteiger charge is 2.02. The fraction of sp³-hybridized carbons (Fsp3) is 0.750. The number of hydrogen-bond acceptors (Lipinski definition) is 5.